The Labute approximate surface area is 91.6 Å². The number of hydrogen-bond acceptors (Lipinski definition) is 4. The molecule has 0 saturated carbocycles. The van der Waals surface area contributed by atoms with Crippen LogP contribution in [0.3, 0.4) is 0 Å². The highest BCUT2D eigenvalue weighted by molar-refractivity contribution is 5.85. The van der Waals surface area contributed by atoms with E-state index in [0.29, 0.717) is 5.88 Å². The molecule has 0 spiro atoms. The van der Waals surface area contributed by atoms with Crippen molar-refractivity contribution in [2.45, 2.75) is 6.92 Å². The minimum Gasteiger partial charge on any atom is -0.464 e. The lowest BCUT2D eigenvalue weighted by Crippen LogP contribution is -1.78. The molecule has 3 rings (SSSR count). The lowest BCUT2D eigenvalue weighted by molar-refractivity contribution is 0.439. The second-order valence-electron chi connectivity index (χ2n) is 3.74. The molecular formula is C12H10N2O2. The average Bonchev–Trinajstić information content (AvgIpc) is 2.86. The van der Waals surface area contributed by atoms with Gasteiger partial charge in [0.2, 0.25) is 5.88 Å². The highest BCUT2D eigenvalue weighted by Gasteiger charge is 2.07. The van der Waals surface area contributed by atoms with Crippen molar-refractivity contribution in [2.24, 2.45) is 0 Å². The van der Waals surface area contributed by atoms with Crippen LogP contribution in [0.4, 0.5) is 5.88 Å². The first-order valence-electron chi connectivity index (χ1n) is 4.94. The van der Waals surface area contributed by atoms with Gasteiger partial charge in [-0.05, 0) is 30.7 Å². The van der Waals surface area contributed by atoms with Gasteiger partial charge in [-0.3, -0.25) is 0 Å². The van der Waals surface area contributed by atoms with Crippen molar-refractivity contribution >= 4 is 16.9 Å². The van der Waals surface area contributed by atoms with E-state index in [1.54, 1.807) is 12.3 Å². The summed E-state index contributed by atoms with van der Waals surface area (Å²) in [4.78, 5) is 0. The number of nitrogens with two attached hydrogens (primary N) is 1. The summed E-state index contributed by atoms with van der Waals surface area (Å²) in [5.74, 6) is 0.319. The average molecular weight is 214 g/mol. The molecule has 0 radical (unpaired) electrons. The highest BCUT2D eigenvalue weighted by atomic mass is 16.5. The quantitative estimate of drug-likeness (QED) is 0.676. The molecule has 0 aliphatic heterocycles. The van der Waals surface area contributed by atoms with Crippen LogP contribution in [-0.2, 0) is 0 Å². The molecule has 2 heterocycles. The summed E-state index contributed by atoms with van der Waals surface area (Å²) < 4.78 is 10.2. The molecule has 0 amide bonds. The van der Waals surface area contributed by atoms with Crippen LogP contribution in [0.5, 0.6) is 0 Å². The smallest absolute Gasteiger partial charge is 0.222 e. The van der Waals surface area contributed by atoms with Crippen LogP contribution in [0.25, 0.3) is 22.2 Å². The van der Waals surface area contributed by atoms with Gasteiger partial charge in [-0.1, -0.05) is 5.16 Å². The topological polar surface area (TPSA) is 65.2 Å². The first-order valence-corrected chi connectivity index (χ1v) is 4.94. The van der Waals surface area contributed by atoms with Gasteiger partial charge in [-0.2, -0.15) is 0 Å². The van der Waals surface area contributed by atoms with Gasteiger partial charge in [0, 0.05) is 17.0 Å². The lowest BCUT2D eigenvalue weighted by Gasteiger charge is -1.95. The molecule has 0 unspecified atom stereocenters. The molecule has 0 saturated heterocycles. The second-order valence-corrected chi connectivity index (χ2v) is 3.74. The molecule has 0 aliphatic rings. The molecule has 0 bridgehead atoms. The van der Waals surface area contributed by atoms with Gasteiger partial charge in [-0.25, -0.2) is 0 Å². The Kier molecular flexibility index (Phi) is 1.77. The van der Waals surface area contributed by atoms with Gasteiger partial charge in [0.25, 0.3) is 0 Å². The molecule has 0 atom stereocenters. The molecule has 0 fully saturated rings. The number of anilines is 1. The van der Waals surface area contributed by atoms with E-state index in [4.69, 9.17) is 14.7 Å². The van der Waals surface area contributed by atoms with Crippen LogP contribution in [0, 0.1) is 6.92 Å². The monoisotopic (exact) mass is 214 g/mol. The number of hydrogen-bond donors (Lipinski definition) is 1. The largest absolute Gasteiger partial charge is 0.464 e. The van der Waals surface area contributed by atoms with Gasteiger partial charge < -0.3 is 14.7 Å². The molecule has 0 aliphatic carbocycles. The Morgan fingerprint density at radius 2 is 2.12 bits per heavy atom. The maximum atomic E-state index is 5.49. The molecule has 2 N–H and O–H groups in total. The third kappa shape index (κ3) is 1.27. The van der Waals surface area contributed by atoms with Crippen LogP contribution >= 0.6 is 0 Å². The Morgan fingerprint density at radius 3 is 2.88 bits per heavy atom. The Bertz CT molecular complexity index is 652. The van der Waals surface area contributed by atoms with Gasteiger partial charge in [0.15, 0.2) is 0 Å². The number of nitrogens with zero attached hydrogens (tertiary/aromatic N) is 1. The second kappa shape index (κ2) is 3.13. The van der Waals surface area contributed by atoms with Gasteiger partial charge in [0.05, 0.1) is 6.26 Å². The standard InChI is InChI=1S/C12H10N2O2/c1-7-6-15-11-3-2-8(4-9(7)11)10-5-12(13)16-14-10/h2-6H,13H2,1H3. The first kappa shape index (κ1) is 9.03. The summed E-state index contributed by atoms with van der Waals surface area (Å²) in [6.07, 6.45) is 1.74. The van der Waals surface area contributed by atoms with Crippen LogP contribution < -0.4 is 5.73 Å². The fraction of sp³-hybridized carbons (Fsp3) is 0.0833. The molecule has 3 aromatic rings. The molecular weight excluding hydrogens is 204 g/mol. The summed E-state index contributed by atoms with van der Waals surface area (Å²) in [5.41, 5.74) is 9.17. The number of rotatable bonds is 1. The molecule has 16 heavy (non-hydrogen) atoms. The predicted molar refractivity (Wildman–Crippen MR) is 60.9 cm³/mol. The summed E-state index contributed by atoms with van der Waals surface area (Å²) in [7, 11) is 0. The third-order valence-corrected chi connectivity index (χ3v) is 2.59. The number of aromatic nitrogens is 1. The van der Waals surface area contributed by atoms with Crippen molar-refractivity contribution in [3.63, 3.8) is 0 Å². The van der Waals surface area contributed by atoms with Crippen LogP contribution in [0.2, 0.25) is 0 Å². The maximum Gasteiger partial charge on any atom is 0.222 e. The minimum absolute atomic E-state index is 0.319. The first-order chi connectivity index (χ1) is 7.74. The molecule has 4 nitrogen and oxygen atoms in total. The summed E-state index contributed by atoms with van der Waals surface area (Å²) >= 11 is 0. The summed E-state index contributed by atoms with van der Waals surface area (Å²) in [5, 5.41) is 4.96. The normalized spacial score (nSPS) is 11.1. The number of furan rings is 1. The zero-order valence-corrected chi connectivity index (χ0v) is 8.73. The minimum atomic E-state index is 0.319. The Balaban J connectivity index is 2.21. The zero-order chi connectivity index (χ0) is 11.1. The van der Waals surface area contributed by atoms with Crippen molar-refractivity contribution in [3.05, 3.63) is 36.1 Å². The van der Waals surface area contributed by atoms with E-state index in [1.807, 2.05) is 25.1 Å². The molecule has 1 aromatic carbocycles. The summed E-state index contributed by atoms with van der Waals surface area (Å²) in [6, 6.07) is 7.58. The van der Waals surface area contributed by atoms with E-state index in [9.17, 15) is 0 Å². The van der Waals surface area contributed by atoms with Crippen molar-refractivity contribution < 1.29 is 8.94 Å². The Hall–Kier alpha value is -2.23. The van der Waals surface area contributed by atoms with E-state index in [1.165, 1.54) is 0 Å². The van der Waals surface area contributed by atoms with E-state index >= 15 is 0 Å². The van der Waals surface area contributed by atoms with Gasteiger partial charge in [-0.15, -0.1) is 0 Å². The van der Waals surface area contributed by atoms with Crippen molar-refractivity contribution in [1.29, 1.82) is 0 Å². The van der Waals surface area contributed by atoms with Crippen molar-refractivity contribution in [3.8, 4) is 11.3 Å². The highest BCUT2D eigenvalue weighted by Crippen LogP contribution is 2.27. The lowest BCUT2D eigenvalue weighted by atomic mass is 10.1. The number of aryl methyl sites for hydroxylation is 1. The fourth-order valence-electron chi connectivity index (χ4n) is 1.74. The molecule has 2 aromatic heterocycles. The van der Waals surface area contributed by atoms with E-state index in [0.717, 1.165) is 27.8 Å². The van der Waals surface area contributed by atoms with Crippen LogP contribution in [0.1, 0.15) is 5.56 Å². The SMILES string of the molecule is Cc1coc2ccc(-c3cc(N)on3)cc12. The fourth-order valence-corrected chi connectivity index (χ4v) is 1.74. The van der Waals surface area contributed by atoms with Gasteiger partial charge in [0.1, 0.15) is 11.3 Å². The zero-order valence-electron chi connectivity index (χ0n) is 8.73. The van der Waals surface area contributed by atoms with E-state index in [-0.39, 0.29) is 0 Å². The number of benzene rings is 1. The maximum absolute atomic E-state index is 5.49. The van der Waals surface area contributed by atoms with Crippen LogP contribution in [0.15, 0.2) is 39.5 Å². The van der Waals surface area contributed by atoms with E-state index in [2.05, 4.69) is 5.16 Å². The number of nitrogen functional groups attached to an aromatic ring is 1. The molecule has 80 valence electrons. The number of fused-ring (bicyclic) bond motifs is 1. The predicted octanol–water partition coefficient (Wildman–Crippen LogP) is 2.98. The third-order valence-electron chi connectivity index (χ3n) is 2.59. The molecule has 4 heteroatoms. The van der Waals surface area contributed by atoms with E-state index < -0.39 is 0 Å². The van der Waals surface area contributed by atoms with Gasteiger partial charge >= 0.3 is 0 Å². The summed E-state index contributed by atoms with van der Waals surface area (Å²) in [6.45, 7) is 2.01. The van der Waals surface area contributed by atoms with Crippen molar-refractivity contribution in [2.75, 3.05) is 5.73 Å². The van der Waals surface area contributed by atoms with Crippen molar-refractivity contribution in [1.82, 2.24) is 5.16 Å². The Morgan fingerprint density at radius 1 is 1.25 bits per heavy atom. The van der Waals surface area contributed by atoms with Crippen LogP contribution in [-0.4, -0.2) is 5.16 Å².